The third-order valence-electron chi connectivity index (χ3n) is 2.90. The second kappa shape index (κ2) is 6.04. The Balaban J connectivity index is 1.75. The highest BCUT2D eigenvalue weighted by Gasteiger charge is 2.06. The van der Waals surface area contributed by atoms with Crippen LogP contribution in [0.4, 0.5) is 5.69 Å². The first-order valence-corrected chi connectivity index (χ1v) is 7.32. The number of rotatable bonds is 3. The number of nitrogens with one attached hydrogen (secondary N) is 1. The van der Waals surface area contributed by atoms with Gasteiger partial charge in [0.25, 0.3) is 5.91 Å². The van der Waals surface area contributed by atoms with Crippen LogP contribution in [0.2, 0.25) is 0 Å². The predicted molar refractivity (Wildman–Crippen MR) is 88.5 cm³/mol. The lowest BCUT2D eigenvalue weighted by atomic mass is 10.2. The van der Waals surface area contributed by atoms with Crippen molar-refractivity contribution < 1.29 is 4.79 Å². The Kier molecular flexibility index (Phi) is 3.96. The number of nitrogens with zero attached hydrogens (tertiary/aromatic N) is 3. The second-order valence-electron chi connectivity index (χ2n) is 4.35. The van der Waals surface area contributed by atoms with Crippen molar-refractivity contribution in [3.05, 3.63) is 70.3 Å². The van der Waals surface area contributed by atoms with Crippen molar-refractivity contribution in [1.82, 2.24) is 14.8 Å². The van der Waals surface area contributed by atoms with Crippen LogP contribution in [-0.4, -0.2) is 20.7 Å². The standard InChI is InChI=1S/C15H11IN4O/c16-12-3-1-2-11(8-12)15(21)19-13-4-6-14(7-5-13)20-10-17-9-18-20/h1-10H,(H,19,21). The monoisotopic (exact) mass is 390 g/mol. The topological polar surface area (TPSA) is 59.8 Å². The fraction of sp³-hybridized carbons (Fsp3) is 0. The normalized spacial score (nSPS) is 10.3. The number of carbonyl (C=O) groups is 1. The molecule has 0 radical (unpaired) electrons. The first kappa shape index (κ1) is 13.7. The molecule has 5 nitrogen and oxygen atoms in total. The maximum atomic E-state index is 12.1. The fourth-order valence-corrected chi connectivity index (χ4v) is 2.42. The van der Waals surface area contributed by atoms with Gasteiger partial charge in [0.2, 0.25) is 0 Å². The average molecular weight is 390 g/mol. The number of hydrogen-bond acceptors (Lipinski definition) is 3. The molecule has 3 aromatic rings. The van der Waals surface area contributed by atoms with Crippen molar-refractivity contribution in [1.29, 1.82) is 0 Å². The summed E-state index contributed by atoms with van der Waals surface area (Å²) in [5.74, 6) is -0.123. The summed E-state index contributed by atoms with van der Waals surface area (Å²) >= 11 is 2.18. The van der Waals surface area contributed by atoms with Crippen LogP contribution in [0.1, 0.15) is 10.4 Å². The molecule has 0 saturated heterocycles. The molecule has 0 saturated carbocycles. The Morgan fingerprint density at radius 3 is 2.62 bits per heavy atom. The number of anilines is 1. The number of benzene rings is 2. The van der Waals surface area contributed by atoms with Crippen LogP contribution >= 0.6 is 22.6 Å². The van der Waals surface area contributed by atoms with E-state index >= 15 is 0 Å². The molecule has 1 aromatic heterocycles. The Labute approximate surface area is 135 Å². The van der Waals surface area contributed by atoms with Gasteiger partial charge in [-0.1, -0.05) is 6.07 Å². The molecule has 1 amide bonds. The number of aromatic nitrogens is 3. The molecule has 0 aliphatic carbocycles. The quantitative estimate of drug-likeness (QED) is 0.700. The van der Waals surface area contributed by atoms with Crippen molar-refractivity contribution in [2.24, 2.45) is 0 Å². The highest BCUT2D eigenvalue weighted by Crippen LogP contribution is 2.14. The fourth-order valence-electron chi connectivity index (χ4n) is 1.87. The highest BCUT2D eigenvalue weighted by molar-refractivity contribution is 14.1. The maximum absolute atomic E-state index is 12.1. The smallest absolute Gasteiger partial charge is 0.255 e. The first-order valence-electron chi connectivity index (χ1n) is 6.24. The average Bonchev–Trinajstić information content (AvgIpc) is 3.02. The van der Waals surface area contributed by atoms with Crippen LogP contribution in [0.3, 0.4) is 0 Å². The molecule has 0 bridgehead atoms. The van der Waals surface area contributed by atoms with Gasteiger partial charge in [-0.2, -0.15) is 5.10 Å². The van der Waals surface area contributed by atoms with Gasteiger partial charge in [0.1, 0.15) is 12.7 Å². The number of hydrogen-bond donors (Lipinski definition) is 1. The zero-order chi connectivity index (χ0) is 14.7. The minimum Gasteiger partial charge on any atom is -0.322 e. The molecule has 1 N–H and O–H groups in total. The van der Waals surface area contributed by atoms with Crippen LogP contribution in [0.25, 0.3) is 5.69 Å². The van der Waals surface area contributed by atoms with E-state index in [1.54, 1.807) is 17.1 Å². The molecule has 0 aliphatic rings. The van der Waals surface area contributed by atoms with Crippen LogP contribution < -0.4 is 5.32 Å². The molecule has 6 heteroatoms. The molecule has 0 unspecified atom stereocenters. The lowest BCUT2D eigenvalue weighted by Crippen LogP contribution is -2.12. The Morgan fingerprint density at radius 1 is 1.14 bits per heavy atom. The van der Waals surface area contributed by atoms with Gasteiger partial charge in [-0.05, 0) is 65.1 Å². The van der Waals surface area contributed by atoms with Gasteiger partial charge in [0.15, 0.2) is 0 Å². The van der Waals surface area contributed by atoms with Gasteiger partial charge in [-0.25, -0.2) is 9.67 Å². The van der Waals surface area contributed by atoms with Crippen molar-refractivity contribution in [2.75, 3.05) is 5.32 Å². The van der Waals surface area contributed by atoms with E-state index in [9.17, 15) is 4.79 Å². The van der Waals surface area contributed by atoms with E-state index < -0.39 is 0 Å². The Bertz CT molecular complexity index is 754. The first-order chi connectivity index (χ1) is 10.2. The molecular formula is C15H11IN4O. The van der Waals surface area contributed by atoms with E-state index in [1.165, 1.54) is 6.33 Å². The van der Waals surface area contributed by atoms with Crippen LogP contribution in [0.15, 0.2) is 61.2 Å². The zero-order valence-corrected chi connectivity index (χ0v) is 13.1. The molecule has 2 aromatic carbocycles. The summed E-state index contributed by atoms with van der Waals surface area (Å²) in [5, 5.41) is 6.92. The second-order valence-corrected chi connectivity index (χ2v) is 5.60. The largest absolute Gasteiger partial charge is 0.322 e. The van der Waals surface area contributed by atoms with Gasteiger partial charge >= 0.3 is 0 Å². The van der Waals surface area contributed by atoms with E-state index in [0.29, 0.717) is 5.56 Å². The van der Waals surface area contributed by atoms with E-state index in [4.69, 9.17) is 0 Å². The number of carbonyl (C=O) groups excluding carboxylic acids is 1. The third kappa shape index (κ3) is 3.27. The molecule has 104 valence electrons. The summed E-state index contributed by atoms with van der Waals surface area (Å²) in [5.41, 5.74) is 2.27. The van der Waals surface area contributed by atoms with Gasteiger partial charge in [0.05, 0.1) is 5.69 Å². The lowest BCUT2D eigenvalue weighted by Gasteiger charge is -2.07. The molecule has 3 rings (SSSR count). The Hall–Kier alpha value is -2.22. The molecule has 0 spiro atoms. The van der Waals surface area contributed by atoms with Crippen LogP contribution in [0, 0.1) is 3.57 Å². The van der Waals surface area contributed by atoms with E-state index in [-0.39, 0.29) is 5.91 Å². The summed E-state index contributed by atoms with van der Waals surface area (Å²) in [7, 11) is 0. The number of amides is 1. The van der Waals surface area contributed by atoms with Gasteiger partial charge in [-0.15, -0.1) is 0 Å². The molecular weight excluding hydrogens is 379 g/mol. The van der Waals surface area contributed by atoms with E-state index in [0.717, 1.165) is 14.9 Å². The minimum absolute atomic E-state index is 0.123. The van der Waals surface area contributed by atoms with Crippen molar-refractivity contribution in [2.45, 2.75) is 0 Å². The molecule has 21 heavy (non-hydrogen) atoms. The van der Waals surface area contributed by atoms with Gasteiger partial charge < -0.3 is 5.32 Å². The Morgan fingerprint density at radius 2 is 1.95 bits per heavy atom. The molecule has 0 atom stereocenters. The predicted octanol–water partition coefficient (Wildman–Crippen LogP) is 3.12. The summed E-state index contributed by atoms with van der Waals surface area (Å²) < 4.78 is 2.69. The number of halogens is 1. The molecule has 1 heterocycles. The highest BCUT2D eigenvalue weighted by atomic mass is 127. The zero-order valence-electron chi connectivity index (χ0n) is 10.9. The van der Waals surface area contributed by atoms with Crippen molar-refractivity contribution in [3.8, 4) is 5.69 Å². The van der Waals surface area contributed by atoms with E-state index in [2.05, 4.69) is 38.0 Å². The summed E-state index contributed by atoms with van der Waals surface area (Å²) in [6.45, 7) is 0. The minimum atomic E-state index is -0.123. The molecule has 0 aliphatic heterocycles. The van der Waals surface area contributed by atoms with Crippen LogP contribution in [0.5, 0.6) is 0 Å². The van der Waals surface area contributed by atoms with Crippen molar-refractivity contribution >= 4 is 34.2 Å². The maximum Gasteiger partial charge on any atom is 0.255 e. The summed E-state index contributed by atoms with van der Waals surface area (Å²) in [4.78, 5) is 16.0. The molecule has 0 fully saturated rings. The van der Waals surface area contributed by atoms with Crippen molar-refractivity contribution in [3.63, 3.8) is 0 Å². The van der Waals surface area contributed by atoms with Crippen LogP contribution in [-0.2, 0) is 0 Å². The van der Waals surface area contributed by atoms with Gasteiger partial charge in [0, 0.05) is 14.8 Å². The van der Waals surface area contributed by atoms with Gasteiger partial charge in [-0.3, -0.25) is 4.79 Å². The lowest BCUT2D eigenvalue weighted by molar-refractivity contribution is 0.102. The van der Waals surface area contributed by atoms with E-state index in [1.807, 2.05) is 42.5 Å². The SMILES string of the molecule is O=C(Nc1ccc(-n2cncn2)cc1)c1cccc(I)c1. The third-order valence-corrected chi connectivity index (χ3v) is 3.57. The summed E-state index contributed by atoms with van der Waals surface area (Å²) in [6, 6.07) is 14.9. The summed E-state index contributed by atoms with van der Waals surface area (Å²) in [6.07, 6.45) is 3.10.